The number of hydrogen-bond acceptors (Lipinski definition) is 3. The molecule has 152 valence electrons. The predicted molar refractivity (Wildman–Crippen MR) is 111 cm³/mol. The SMILES string of the molecule is Cc1ccc(C)n1NC(=O)c1ccc(OCC(=O)N[C@@H](C)CCC(C)C)cc1. The third-order valence-electron chi connectivity index (χ3n) is 4.56. The highest BCUT2D eigenvalue weighted by Crippen LogP contribution is 2.13. The molecule has 2 amide bonds. The molecule has 6 nitrogen and oxygen atoms in total. The van der Waals surface area contributed by atoms with E-state index in [-0.39, 0.29) is 24.5 Å². The molecule has 0 aliphatic heterocycles. The van der Waals surface area contributed by atoms with Crippen LogP contribution in [0.3, 0.4) is 0 Å². The van der Waals surface area contributed by atoms with Crippen molar-refractivity contribution in [1.82, 2.24) is 9.99 Å². The van der Waals surface area contributed by atoms with Gasteiger partial charge in [0.2, 0.25) is 0 Å². The molecule has 0 fully saturated rings. The second-order valence-electron chi connectivity index (χ2n) is 7.65. The monoisotopic (exact) mass is 385 g/mol. The summed E-state index contributed by atoms with van der Waals surface area (Å²) in [7, 11) is 0. The molecule has 0 aliphatic carbocycles. The molecule has 0 spiro atoms. The molecule has 2 aromatic rings. The first-order chi connectivity index (χ1) is 13.3. The molecule has 2 rings (SSSR count). The third kappa shape index (κ3) is 6.44. The number of aryl methyl sites for hydroxylation is 2. The normalized spacial score (nSPS) is 11.9. The van der Waals surface area contributed by atoms with Crippen molar-refractivity contribution in [2.24, 2.45) is 5.92 Å². The standard InChI is InChI=1S/C22H31N3O3/c1-15(2)6-7-16(3)23-21(26)14-28-20-12-10-19(11-13-20)22(27)24-25-17(4)8-9-18(25)5/h8-13,15-16H,6-7,14H2,1-5H3,(H,23,26)(H,24,27)/t16-/m0/s1. The van der Waals surface area contributed by atoms with Crippen molar-refractivity contribution in [2.45, 2.75) is 53.5 Å². The van der Waals surface area contributed by atoms with Crippen LogP contribution in [-0.2, 0) is 4.79 Å². The van der Waals surface area contributed by atoms with Gasteiger partial charge in [-0.2, -0.15) is 0 Å². The minimum atomic E-state index is -0.203. The zero-order chi connectivity index (χ0) is 20.7. The van der Waals surface area contributed by atoms with Crippen molar-refractivity contribution in [2.75, 3.05) is 12.0 Å². The van der Waals surface area contributed by atoms with Gasteiger partial charge in [0, 0.05) is 23.0 Å². The van der Waals surface area contributed by atoms with Crippen LogP contribution < -0.4 is 15.5 Å². The van der Waals surface area contributed by atoms with Crippen molar-refractivity contribution < 1.29 is 14.3 Å². The van der Waals surface area contributed by atoms with E-state index in [1.165, 1.54) is 0 Å². The van der Waals surface area contributed by atoms with Gasteiger partial charge in [0.25, 0.3) is 11.8 Å². The molecule has 28 heavy (non-hydrogen) atoms. The second kappa shape index (κ2) is 9.97. The van der Waals surface area contributed by atoms with Crippen molar-refractivity contribution in [3.63, 3.8) is 0 Å². The quantitative estimate of drug-likeness (QED) is 0.689. The summed E-state index contributed by atoms with van der Waals surface area (Å²) in [5.74, 6) is 0.828. The fourth-order valence-corrected chi connectivity index (χ4v) is 2.83. The van der Waals surface area contributed by atoms with Gasteiger partial charge in [-0.15, -0.1) is 0 Å². The highest BCUT2D eigenvalue weighted by atomic mass is 16.5. The largest absolute Gasteiger partial charge is 0.484 e. The van der Waals surface area contributed by atoms with Crippen LogP contribution in [0.1, 0.15) is 55.4 Å². The lowest BCUT2D eigenvalue weighted by Crippen LogP contribution is -2.36. The van der Waals surface area contributed by atoms with Gasteiger partial charge in [0.1, 0.15) is 5.75 Å². The number of nitrogens with zero attached hydrogens (tertiary/aromatic N) is 1. The Kier molecular flexibility index (Phi) is 7.67. The number of rotatable bonds is 9. The maximum absolute atomic E-state index is 12.4. The lowest BCUT2D eigenvalue weighted by Gasteiger charge is -2.15. The average molecular weight is 386 g/mol. The van der Waals surface area contributed by atoms with Gasteiger partial charge in [0.15, 0.2) is 6.61 Å². The van der Waals surface area contributed by atoms with Crippen LogP contribution in [-0.4, -0.2) is 29.1 Å². The lowest BCUT2D eigenvalue weighted by atomic mass is 10.0. The maximum Gasteiger partial charge on any atom is 0.270 e. The topological polar surface area (TPSA) is 72.4 Å². The molecular weight excluding hydrogens is 354 g/mol. The Morgan fingerprint density at radius 1 is 0.964 bits per heavy atom. The number of hydrogen-bond donors (Lipinski definition) is 2. The molecule has 2 N–H and O–H groups in total. The van der Waals surface area contributed by atoms with Gasteiger partial charge in [-0.25, -0.2) is 0 Å². The summed E-state index contributed by atoms with van der Waals surface area (Å²) in [6.07, 6.45) is 2.03. The zero-order valence-electron chi connectivity index (χ0n) is 17.4. The number of benzene rings is 1. The van der Waals surface area contributed by atoms with Crippen LogP contribution in [0.25, 0.3) is 0 Å². The second-order valence-corrected chi connectivity index (χ2v) is 7.65. The molecule has 1 heterocycles. The molecule has 0 aliphatic rings. The third-order valence-corrected chi connectivity index (χ3v) is 4.56. The number of amides is 2. The van der Waals surface area contributed by atoms with Gasteiger partial charge in [-0.05, 0) is 75.9 Å². The molecule has 1 atom stereocenters. The van der Waals surface area contributed by atoms with Gasteiger partial charge < -0.3 is 10.1 Å². The van der Waals surface area contributed by atoms with E-state index in [4.69, 9.17) is 4.74 Å². The van der Waals surface area contributed by atoms with Gasteiger partial charge in [0.05, 0.1) is 0 Å². The summed E-state index contributed by atoms with van der Waals surface area (Å²) in [5.41, 5.74) is 5.29. The minimum absolute atomic E-state index is 0.0423. The number of aromatic nitrogens is 1. The highest BCUT2D eigenvalue weighted by molar-refractivity contribution is 6.00. The Balaban J connectivity index is 1.82. The molecule has 0 saturated heterocycles. The average Bonchev–Trinajstić information content (AvgIpc) is 2.97. The number of carbonyl (C=O) groups excluding carboxylic acids is 2. The molecule has 0 unspecified atom stereocenters. The Labute approximate surface area is 167 Å². The maximum atomic E-state index is 12.4. The van der Waals surface area contributed by atoms with Crippen LogP contribution >= 0.6 is 0 Å². The van der Waals surface area contributed by atoms with E-state index in [1.807, 2.05) is 32.9 Å². The van der Waals surface area contributed by atoms with Crippen LogP contribution in [0.5, 0.6) is 5.75 Å². The summed E-state index contributed by atoms with van der Waals surface area (Å²) >= 11 is 0. The van der Waals surface area contributed by atoms with Crippen LogP contribution in [0, 0.1) is 19.8 Å². The summed E-state index contributed by atoms with van der Waals surface area (Å²) in [4.78, 5) is 24.4. The van der Waals surface area contributed by atoms with Crippen molar-refractivity contribution in [3.8, 4) is 5.75 Å². The van der Waals surface area contributed by atoms with Crippen LogP contribution in [0.4, 0.5) is 0 Å². The van der Waals surface area contributed by atoms with Gasteiger partial charge >= 0.3 is 0 Å². The highest BCUT2D eigenvalue weighted by Gasteiger charge is 2.11. The van der Waals surface area contributed by atoms with Crippen molar-refractivity contribution >= 4 is 11.8 Å². The summed E-state index contributed by atoms with van der Waals surface area (Å²) in [6, 6.07) is 10.8. The Morgan fingerprint density at radius 3 is 2.14 bits per heavy atom. The summed E-state index contributed by atoms with van der Waals surface area (Å²) in [6.45, 7) is 10.2. The van der Waals surface area contributed by atoms with E-state index in [2.05, 4.69) is 24.6 Å². The van der Waals surface area contributed by atoms with Crippen LogP contribution in [0.15, 0.2) is 36.4 Å². The number of ether oxygens (including phenoxy) is 1. The first-order valence-electron chi connectivity index (χ1n) is 9.74. The van der Waals surface area contributed by atoms with E-state index in [1.54, 1.807) is 28.9 Å². The molecular formula is C22H31N3O3. The van der Waals surface area contributed by atoms with E-state index < -0.39 is 0 Å². The number of nitrogens with one attached hydrogen (secondary N) is 2. The first kappa shape index (κ1) is 21.5. The van der Waals surface area contributed by atoms with Crippen molar-refractivity contribution in [1.29, 1.82) is 0 Å². The fraction of sp³-hybridized carbons (Fsp3) is 0.455. The van der Waals surface area contributed by atoms with Crippen molar-refractivity contribution in [3.05, 3.63) is 53.3 Å². The molecule has 0 saturated carbocycles. The number of carbonyl (C=O) groups is 2. The van der Waals surface area contributed by atoms with E-state index in [9.17, 15) is 9.59 Å². The van der Waals surface area contributed by atoms with E-state index >= 15 is 0 Å². The Bertz CT molecular complexity index is 774. The minimum Gasteiger partial charge on any atom is -0.484 e. The first-order valence-corrected chi connectivity index (χ1v) is 9.74. The zero-order valence-corrected chi connectivity index (χ0v) is 17.4. The molecule has 0 radical (unpaired) electrons. The predicted octanol–water partition coefficient (Wildman–Crippen LogP) is 3.81. The van der Waals surface area contributed by atoms with Gasteiger partial charge in [-0.3, -0.25) is 19.7 Å². The van der Waals surface area contributed by atoms with Gasteiger partial charge in [-0.1, -0.05) is 13.8 Å². The summed E-state index contributed by atoms with van der Waals surface area (Å²) < 4.78 is 7.27. The van der Waals surface area contributed by atoms with Crippen LogP contribution in [0.2, 0.25) is 0 Å². The smallest absolute Gasteiger partial charge is 0.270 e. The summed E-state index contributed by atoms with van der Waals surface area (Å²) in [5, 5.41) is 2.94. The molecule has 1 aromatic carbocycles. The fourth-order valence-electron chi connectivity index (χ4n) is 2.83. The Hall–Kier alpha value is -2.76. The Morgan fingerprint density at radius 2 is 1.57 bits per heavy atom. The van der Waals surface area contributed by atoms with E-state index in [0.717, 1.165) is 24.2 Å². The molecule has 6 heteroatoms. The lowest BCUT2D eigenvalue weighted by molar-refractivity contribution is -0.123. The molecule has 1 aromatic heterocycles. The van der Waals surface area contributed by atoms with E-state index in [0.29, 0.717) is 17.2 Å². The molecule has 0 bridgehead atoms.